The van der Waals surface area contributed by atoms with Crippen molar-refractivity contribution in [1.29, 1.82) is 0 Å². The molecule has 3 heterocycles. The van der Waals surface area contributed by atoms with Crippen molar-refractivity contribution in [3.63, 3.8) is 0 Å². The van der Waals surface area contributed by atoms with E-state index in [1.165, 1.54) is 28.6 Å². The maximum atomic E-state index is 10.5. The zero-order chi connectivity index (χ0) is 30.9. The summed E-state index contributed by atoms with van der Waals surface area (Å²) in [7, 11) is 1.65. The normalized spacial score (nSPS) is 10.6. The van der Waals surface area contributed by atoms with Crippen molar-refractivity contribution >= 4 is 73.2 Å². The third kappa shape index (κ3) is 8.29. The lowest BCUT2D eigenvalue weighted by Gasteiger charge is -2.04. The molecule has 0 aliphatic carbocycles. The standard InChI is InChI=1S/C12H12ClN.C11H10ClNO.C10H7ClN2O2/c1-8-5-9(2)12-10(6-8)3-4-11(7-13)14-12;1-14-10-4-5-11-8(6-10)2-3-9(7-12)13-11;11-6-8-2-1-7-5-9(13(14)15)3-4-10(7)12-8/h3-6H,7H2,1-2H3;2-6H,7H2,1H3;1-5H,6H2. The number of hydrogen-bond donors (Lipinski definition) is 0. The summed E-state index contributed by atoms with van der Waals surface area (Å²) in [5.41, 5.74) is 7.88. The predicted molar refractivity (Wildman–Crippen MR) is 177 cm³/mol. The van der Waals surface area contributed by atoms with Gasteiger partial charge in [0.1, 0.15) is 5.75 Å². The average molecular weight is 636 g/mol. The van der Waals surface area contributed by atoms with E-state index >= 15 is 0 Å². The van der Waals surface area contributed by atoms with Gasteiger partial charge >= 0.3 is 0 Å². The lowest BCUT2D eigenvalue weighted by Crippen LogP contribution is -1.90. The summed E-state index contributed by atoms with van der Waals surface area (Å²) in [6, 6.07) is 26.2. The molecule has 0 fully saturated rings. The summed E-state index contributed by atoms with van der Waals surface area (Å²) in [6.45, 7) is 4.18. The Morgan fingerprint density at radius 3 is 1.77 bits per heavy atom. The van der Waals surface area contributed by atoms with Crippen molar-refractivity contribution in [1.82, 2.24) is 15.0 Å². The first-order valence-corrected chi connectivity index (χ1v) is 14.9. The van der Waals surface area contributed by atoms with Crippen LogP contribution in [-0.2, 0) is 17.6 Å². The number of methoxy groups -OCH3 is 1. The Labute approximate surface area is 264 Å². The van der Waals surface area contributed by atoms with Crippen LogP contribution in [0.3, 0.4) is 0 Å². The number of ether oxygens (including phenoxy) is 1. The zero-order valence-corrected chi connectivity index (χ0v) is 26.1. The molecular weight excluding hydrogens is 607 g/mol. The number of benzene rings is 3. The van der Waals surface area contributed by atoms with E-state index in [0.29, 0.717) is 17.6 Å². The van der Waals surface area contributed by atoms with Crippen LogP contribution in [0, 0.1) is 24.0 Å². The summed E-state index contributed by atoms with van der Waals surface area (Å²) in [5.74, 6) is 2.11. The molecule has 6 rings (SSSR count). The van der Waals surface area contributed by atoms with Gasteiger partial charge in [-0.1, -0.05) is 29.8 Å². The Morgan fingerprint density at radius 1 is 0.674 bits per heavy atom. The number of halogens is 3. The van der Waals surface area contributed by atoms with E-state index in [4.69, 9.17) is 39.5 Å². The van der Waals surface area contributed by atoms with Gasteiger partial charge in [-0.15, -0.1) is 34.8 Å². The molecule has 0 saturated carbocycles. The van der Waals surface area contributed by atoms with Gasteiger partial charge in [0.2, 0.25) is 0 Å². The minimum Gasteiger partial charge on any atom is -0.497 e. The van der Waals surface area contributed by atoms with Gasteiger partial charge in [-0.25, -0.2) is 0 Å². The molecule has 0 saturated heterocycles. The topological polar surface area (TPSA) is 91.0 Å². The zero-order valence-electron chi connectivity index (χ0n) is 23.9. The first kappa shape index (κ1) is 31.9. The number of non-ortho nitro benzene ring substituents is 1. The molecule has 220 valence electrons. The Morgan fingerprint density at radius 2 is 1.21 bits per heavy atom. The highest BCUT2D eigenvalue weighted by molar-refractivity contribution is 6.17. The Balaban J connectivity index is 0.000000148. The molecule has 3 aromatic heterocycles. The van der Waals surface area contributed by atoms with Gasteiger partial charge in [0.05, 0.1) is 63.3 Å². The van der Waals surface area contributed by atoms with E-state index in [1.807, 2.05) is 36.4 Å². The second-order valence-electron chi connectivity index (χ2n) is 9.65. The highest BCUT2D eigenvalue weighted by Gasteiger charge is 2.07. The maximum Gasteiger partial charge on any atom is 0.270 e. The van der Waals surface area contributed by atoms with E-state index in [0.717, 1.165) is 50.2 Å². The first-order chi connectivity index (χ1) is 20.7. The monoisotopic (exact) mass is 634 g/mol. The number of pyridine rings is 3. The number of rotatable bonds is 5. The molecule has 0 aliphatic heterocycles. The largest absolute Gasteiger partial charge is 0.497 e. The van der Waals surface area contributed by atoms with Gasteiger partial charge in [0, 0.05) is 28.3 Å². The first-order valence-electron chi connectivity index (χ1n) is 13.3. The fourth-order valence-corrected chi connectivity index (χ4v) is 4.85. The Bertz CT molecular complexity index is 1860. The highest BCUT2D eigenvalue weighted by atomic mass is 35.5. The molecule has 3 aromatic carbocycles. The highest BCUT2D eigenvalue weighted by Crippen LogP contribution is 2.22. The Hall–Kier alpha value is -4.04. The van der Waals surface area contributed by atoms with Gasteiger partial charge in [0.25, 0.3) is 5.69 Å². The molecule has 0 atom stereocenters. The van der Waals surface area contributed by atoms with Gasteiger partial charge in [-0.05, 0) is 67.9 Å². The van der Waals surface area contributed by atoms with Crippen LogP contribution in [0.15, 0.2) is 84.9 Å². The van der Waals surface area contributed by atoms with E-state index in [2.05, 4.69) is 47.0 Å². The second-order valence-corrected chi connectivity index (χ2v) is 10.5. The van der Waals surface area contributed by atoms with E-state index in [1.54, 1.807) is 25.3 Å². The van der Waals surface area contributed by atoms with Crippen molar-refractivity contribution < 1.29 is 9.66 Å². The van der Waals surface area contributed by atoms with Gasteiger partial charge < -0.3 is 4.74 Å². The summed E-state index contributed by atoms with van der Waals surface area (Å²) in [4.78, 5) is 23.2. The smallest absolute Gasteiger partial charge is 0.270 e. The molecule has 6 aromatic rings. The quantitative estimate of drug-likeness (QED) is 0.106. The van der Waals surface area contributed by atoms with Crippen molar-refractivity contribution in [2.45, 2.75) is 31.5 Å². The number of fused-ring (bicyclic) bond motifs is 3. The number of nitro groups is 1. The third-order valence-electron chi connectivity index (χ3n) is 6.49. The molecule has 0 bridgehead atoms. The van der Waals surface area contributed by atoms with Gasteiger partial charge in [-0.2, -0.15) is 0 Å². The minimum absolute atomic E-state index is 0.0722. The molecule has 0 spiro atoms. The number of hydrogen-bond acceptors (Lipinski definition) is 6. The number of nitrogens with zero attached hydrogens (tertiary/aromatic N) is 4. The molecule has 0 radical (unpaired) electrons. The van der Waals surface area contributed by atoms with Crippen molar-refractivity contribution in [3.8, 4) is 5.75 Å². The molecule has 0 amide bonds. The van der Waals surface area contributed by atoms with Crippen molar-refractivity contribution in [2.75, 3.05) is 7.11 Å². The van der Waals surface area contributed by atoms with Crippen LogP contribution < -0.4 is 4.74 Å². The molecule has 0 unspecified atom stereocenters. The molecular formula is C33H29Cl3N4O3. The van der Waals surface area contributed by atoms with Crippen molar-refractivity contribution in [3.05, 3.63) is 123 Å². The maximum absolute atomic E-state index is 10.5. The molecule has 0 N–H and O–H groups in total. The average Bonchev–Trinajstić information content (AvgIpc) is 3.04. The van der Waals surface area contributed by atoms with Crippen LogP contribution in [0.2, 0.25) is 0 Å². The molecule has 10 heteroatoms. The van der Waals surface area contributed by atoms with Gasteiger partial charge in [0.15, 0.2) is 0 Å². The summed E-state index contributed by atoms with van der Waals surface area (Å²) >= 11 is 17.1. The van der Waals surface area contributed by atoms with Crippen LogP contribution in [-0.4, -0.2) is 27.0 Å². The number of nitro benzene ring substituents is 1. The van der Waals surface area contributed by atoms with E-state index < -0.39 is 4.92 Å². The fraction of sp³-hybridized carbons (Fsp3) is 0.182. The van der Waals surface area contributed by atoms with Crippen LogP contribution in [0.4, 0.5) is 5.69 Å². The second kappa shape index (κ2) is 14.9. The van der Waals surface area contributed by atoms with Crippen LogP contribution in [0.1, 0.15) is 28.2 Å². The van der Waals surface area contributed by atoms with Crippen LogP contribution in [0.5, 0.6) is 5.75 Å². The minimum atomic E-state index is -0.422. The summed E-state index contributed by atoms with van der Waals surface area (Å²) < 4.78 is 5.13. The van der Waals surface area contributed by atoms with E-state index in [9.17, 15) is 10.1 Å². The predicted octanol–water partition coefficient (Wildman–Crippen LogP) is 9.45. The number of aromatic nitrogens is 3. The number of alkyl halides is 3. The van der Waals surface area contributed by atoms with Crippen molar-refractivity contribution in [2.24, 2.45) is 0 Å². The lowest BCUT2D eigenvalue weighted by atomic mass is 10.1. The Kier molecular flexibility index (Phi) is 11.1. The molecule has 7 nitrogen and oxygen atoms in total. The number of aryl methyl sites for hydroxylation is 2. The van der Waals surface area contributed by atoms with E-state index in [-0.39, 0.29) is 5.69 Å². The third-order valence-corrected chi connectivity index (χ3v) is 7.31. The lowest BCUT2D eigenvalue weighted by molar-refractivity contribution is -0.384. The SMILES string of the molecule is COc1ccc2nc(CCl)ccc2c1.Cc1cc(C)c2nc(CCl)ccc2c1.O=[N+]([O-])c1ccc2nc(CCl)ccc2c1. The fourth-order valence-electron chi connectivity index (χ4n) is 4.40. The summed E-state index contributed by atoms with van der Waals surface area (Å²) in [6.07, 6.45) is 0. The molecule has 0 aliphatic rings. The summed E-state index contributed by atoms with van der Waals surface area (Å²) in [5, 5.41) is 13.5. The van der Waals surface area contributed by atoms with Gasteiger partial charge in [-0.3, -0.25) is 25.1 Å². The van der Waals surface area contributed by atoms with Crippen LogP contribution in [0.25, 0.3) is 32.7 Å². The van der Waals surface area contributed by atoms with Crippen LogP contribution >= 0.6 is 34.8 Å². The molecule has 43 heavy (non-hydrogen) atoms.